The zero-order valence-electron chi connectivity index (χ0n) is 10.9. The van der Waals surface area contributed by atoms with Crippen LogP contribution in [0.2, 0.25) is 0 Å². The number of nitrogens with zero attached hydrogens (tertiary/aromatic N) is 1. The second kappa shape index (κ2) is 5.89. The van der Waals surface area contributed by atoms with Gasteiger partial charge in [0.25, 0.3) is 0 Å². The lowest BCUT2D eigenvalue weighted by molar-refractivity contribution is 0.0138. The molecule has 3 heteroatoms. The Morgan fingerprint density at radius 2 is 2.11 bits per heavy atom. The summed E-state index contributed by atoms with van der Waals surface area (Å²) in [5.41, 5.74) is 2.08. The van der Waals surface area contributed by atoms with Crippen LogP contribution < -0.4 is 0 Å². The summed E-state index contributed by atoms with van der Waals surface area (Å²) < 4.78 is 5.74. The van der Waals surface area contributed by atoms with E-state index in [1.165, 1.54) is 11.8 Å². The molecule has 1 aromatic carbocycles. The second-order valence-electron chi connectivity index (χ2n) is 5.12. The summed E-state index contributed by atoms with van der Waals surface area (Å²) >= 11 is 6.48. The number of hydrogen-bond acceptors (Lipinski definition) is 2. The Bertz CT molecular complexity index is 551. The zero-order chi connectivity index (χ0) is 13.1. The molecule has 2 atom stereocenters. The minimum atomic E-state index is 0.0222. The van der Waals surface area contributed by atoms with Crippen molar-refractivity contribution in [1.82, 2.24) is 4.98 Å². The monoisotopic (exact) mass is 275 g/mol. The number of aromatic nitrogens is 1. The summed E-state index contributed by atoms with van der Waals surface area (Å²) in [5.74, 6) is 0. The molecule has 3 rings (SSSR count). The van der Waals surface area contributed by atoms with Gasteiger partial charge in [-0.2, -0.15) is 0 Å². The molecule has 0 spiro atoms. The molecule has 0 radical (unpaired) electrons. The Balaban J connectivity index is 1.73. The van der Waals surface area contributed by atoms with Gasteiger partial charge in [0.2, 0.25) is 0 Å². The van der Waals surface area contributed by atoms with Crippen LogP contribution in [-0.2, 0) is 11.2 Å². The van der Waals surface area contributed by atoms with Crippen molar-refractivity contribution in [3.8, 4) is 0 Å². The predicted octanol–water partition coefficient (Wildman–Crippen LogP) is 3.95. The third-order valence-corrected chi connectivity index (χ3v) is 4.11. The maximum Gasteiger partial charge on any atom is 0.0742 e. The largest absolute Gasteiger partial charge is 0.377 e. The van der Waals surface area contributed by atoms with E-state index in [-0.39, 0.29) is 11.5 Å². The fourth-order valence-corrected chi connectivity index (χ4v) is 2.96. The third-order valence-electron chi connectivity index (χ3n) is 3.68. The molecule has 1 aliphatic rings. The summed E-state index contributed by atoms with van der Waals surface area (Å²) in [4.78, 5) is 4.67. The highest BCUT2D eigenvalue weighted by Gasteiger charge is 2.23. The number of rotatable bonds is 3. The number of hydrogen-bond donors (Lipinski definition) is 0. The van der Waals surface area contributed by atoms with Crippen LogP contribution in [0, 0.1) is 0 Å². The van der Waals surface area contributed by atoms with Crippen molar-refractivity contribution in [2.75, 3.05) is 6.61 Å². The van der Waals surface area contributed by atoms with E-state index < -0.39 is 0 Å². The highest BCUT2D eigenvalue weighted by Crippen LogP contribution is 2.22. The van der Waals surface area contributed by atoms with E-state index in [2.05, 4.69) is 23.2 Å². The molecule has 1 fully saturated rings. The maximum absolute atomic E-state index is 6.48. The van der Waals surface area contributed by atoms with Crippen molar-refractivity contribution in [1.29, 1.82) is 0 Å². The van der Waals surface area contributed by atoms with Gasteiger partial charge in [-0.05, 0) is 31.4 Å². The minimum Gasteiger partial charge on any atom is -0.377 e. The van der Waals surface area contributed by atoms with E-state index in [1.807, 2.05) is 18.2 Å². The molecule has 2 heterocycles. The number of ether oxygens (including phenoxy) is 1. The molecule has 0 amide bonds. The van der Waals surface area contributed by atoms with Crippen LogP contribution in [0.3, 0.4) is 0 Å². The summed E-state index contributed by atoms with van der Waals surface area (Å²) in [7, 11) is 0. The topological polar surface area (TPSA) is 22.1 Å². The molecule has 2 aromatic rings. The van der Waals surface area contributed by atoms with E-state index in [9.17, 15) is 0 Å². The standard InChI is InChI=1S/C16H18ClNO/c17-14(16-7-3-4-10-19-16)11-13-9-8-12-5-1-2-6-15(12)18-13/h1-2,5-6,8-9,14,16H,3-4,7,10-11H2. The summed E-state index contributed by atoms with van der Waals surface area (Å²) in [6.07, 6.45) is 4.41. The van der Waals surface area contributed by atoms with Gasteiger partial charge >= 0.3 is 0 Å². The summed E-state index contributed by atoms with van der Waals surface area (Å²) in [5, 5.41) is 1.19. The quantitative estimate of drug-likeness (QED) is 0.791. The number of pyridine rings is 1. The lowest BCUT2D eigenvalue weighted by Crippen LogP contribution is -2.30. The molecule has 2 unspecified atom stereocenters. The van der Waals surface area contributed by atoms with Gasteiger partial charge in [0, 0.05) is 24.1 Å². The molecule has 0 bridgehead atoms. The first kappa shape index (κ1) is 12.9. The van der Waals surface area contributed by atoms with E-state index >= 15 is 0 Å². The Morgan fingerprint density at radius 3 is 2.95 bits per heavy atom. The highest BCUT2D eigenvalue weighted by atomic mass is 35.5. The average Bonchev–Trinajstić information content (AvgIpc) is 2.48. The normalized spacial score (nSPS) is 21.4. The van der Waals surface area contributed by atoms with Crippen molar-refractivity contribution in [2.24, 2.45) is 0 Å². The van der Waals surface area contributed by atoms with Crippen molar-refractivity contribution in [3.63, 3.8) is 0 Å². The minimum absolute atomic E-state index is 0.0222. The van der Waals surface area contributed by atoms with Gasteiger partial charge in [0.1, 0.15) is 0 Å². The molecular formula is C16H18ClNO. The molecule has 1 aromatic heterocycles. The zero-order valence-corrected chi connectivity index (χ0v) is 11.6. The van der Waals surface area contributed by atoms with Crippen LogP contribution >= 0.6 is 11.6 Å². The van der Waals surface area contributed by atoms with Gasteiger partial charge in [-0.15, -0.1) is 11.6 Å². The number of para-hydroxylation sites is 1. The van der Waals surface area contributed by atoms with Crippen LogP contribution in [0.4, 0.5) is 0 Å². The van der Waals surface area contributed by atoms with Gasteiger partial charge in [0.15, 0.2) is 0 Å². The highest BCUT2D eigenvalue weighted by molar-refractivity contribution is 6.21. The first-order valence-corrected chi connectivity index (χ1v) is 7.37. The smallest absolute Gasteiger partial charge is 0.0742 e. The van der Waals surface area contributed by atoms with Crippen molar-refractivity contribution < 1.29 is 4.74 Å². The van der Waals surface area contributed by atoms with Crippen molar-refractivity contribution in [2.45, 2.75) is 37.2 Å². The fraction of sp³-hybridized carbons (Fsp3) is 0.438. The van der Waals surface area contributed by atoms with E-state index in [0.29, 0.717) is 0 Å². The Kier molecular flexibility index (Phi) is 4.00. The van der Waals surface area contributed by atoms with Crippen LogP contribution in [-0.4, -0.2) is 23.1 Å². The fourth-order valence-electron chi connectivity index (χ4n) is 2.60. The van der Waals surface area contributed by atoms with Crippen LogP contribution in [0.25, 0.3) is 10.9 Å². The molecule has 0 saturated carbocycles. The molecular weight excluding hydrogens is 258 g/mol. The van der Waals surface area contributed by atoms with Gasteiger partial charge in [-0.1, -0.05) is 24.3 Å². The Morgan fingerprint density at radius 1 is 1.21 bits per heavy atom. The molecule has 0 N–H and O–H groups in total. The molecule has 100 valence electrons. The maximum atomic E-state index is 6.48. The Hall–Kier alpha value is -1.12. The van der Waals surface area contributed by atoms with E-state index in [4.69, 9.17) is 16.3 Å². The Labute approximate surface area is 118 Å². The van der Waals surface area contributed by atoms with E-state index in [1.54, 1.807) is 0 Å². The molecule has 2 nitrogen and oxygen atoms in total. The molecule has 19 heavy (non-hydrogen) atoms. The molecule has 1 saturated heterocycles. The SMILES string of the molecule is ClC(Cc1ccc2ccccc2n1)C1CCCCO1. The predicted molar refractivity (Wildman–Crippen MR) is 78.7 cm³/mol. The van der Waals surface area contributed by atoms with Crippen LogP contribution in [0.15, 0.2) is 36.4 Å². The number of alkyl halides is 1. The van der Waals surface area contributed by atoms with Gasteiger partial charge in [-0.3, -0.25) is 4.98 Å². The first-order chi connectivity index (χ1) is 9.33. The lowest BCUT2D eigenvalue weighted by Gasteiger charge is -2.26. The summed E-state index contributed by atoms with van der Waals surface area (Å²) in [6.45, 7) is 0.846. The summed E-state index contributed by atoms with van der Waals surface area (Å²) in [6, 6.07) is 12.3. The van der Waals surface area contributed by atoms with Gasteiger partial charge in [-0.25, -0.2) is 0 Å². The van der Waals surface area contributed by atoms with Crippen LogP contribution in [0.5, 0.6) is 0 Å². The first-order valence-electron chi connectivity index (χ1n) is 6.93. The number of halogens is 1. The third kappa shape index (κ3) is 3.07. The molecule has 1 aliphatic heterocycles. The average molecular weight is 276 g/mol. The van der Waals surface area contributed by atoms with Crippen molar-refractivity contribution >= 4 is 22.5 Å². The van der Waals surface area contributed by atoms with Gasteiger partial charge < -0.3 is 4.74 Å². The second-order valence-corrected chi connectivity index (χ2v) is 5.68. The molecule has 0 aliphatic carbocycles. The number of benzene rings is 1. The van der Waals surface area contributed by atoms with Crippen molar-refractivity contribution in [3.05, 3.63) is 42.1 Å². The van der Waals surface area contributed by atoms with Gasteiger partial charge in [0.05, 0.1) is 17.0 Å². The number of fused-ring (bicyclic) bond motifs is 1. The van der Waals surface area contributed by atoms with Crippen LogP contribution in [0.1, 0.15) is 25.0 Å². The van der Waals surface area contributed by atoms with E-state index in [0.717, 1.165) is 37.1 Å². The lowest BCUT2D eigenvalue weighted by atomic mass is 10.0.